The molecule has 1 aliphatic heterocycles. The number of alkyl halides is 2. The Kier molecular flexibility index (Phi) is 2.09. The molecular weight excluding hydrogens is 159 g/mol. The summed E-state index contributed by atoms with van der Waals surface area (Å²) < 4.78 is 0. The summed E-state index contributed by atoms with van der Waals surface area (Å²) in [6.45, 7) is 1.88. The van der Waals surface area contributed by atoms with Crippen LogP contribution in [0.1, 0.15) is 6.92 Å². The highest BCUT2D eigenvalue weighted by Crippen LogP contribution is 2.19. The van der Waals surface area contributed by atoms with Crippen LogP contribution >= 0.6 is 23.2 Å². The zero-order valence-electron chi connectivity index (χ0n) is 4.88. The number of nitrogens with zero attached hydrogens (tertiary/aromatic N) is 2. The highest BCUT2D eigenvalue weighted by atomic mass is 35.5. The molecule has 0 saturated carbocycles. The summed E-state index contributed by atoms with van der Waals surface area (Å²) in [5, 5.41) is 7.33. The Morgan fingerprint density at radius 2 is 2.11 bits per heavy atom. The van der Waals surface area contributed by atoms with Crippen molar-refractivity contribution in [2.45, 2.75) is 17.9 Å². The fourth-order valence-corrected chi connectivity index (χ4v) is 0.915. The van der Waals surface area contributed by atoms with Gasteiger partial charge in [-0.1, -0.05) is 23.2 Å². The van der Waals surface area contributed by atoms with Gasteiger partial charge in [0.2, 0.25) is 0 Å². The van der Waals surface area contributed by atoms with Crippen molar-refractivity contribution in [2.24, 2.45) is 10.2 Å². The number of halogens is 2. The first-order valence-electron chi connectivity index (χ1n) is 2.56. The Morgan fingerprint density at radius 1 is 1.44 bits per heavy atom. The maximum atomic E-state index is 5.65. The van der Waals surface area contributed by atoms with Crippen LogP contribution in [0.15, 0.2) is 21.9 Å². The zero-order valence-corrected chi connectivity index (χ0v) is 6.39. The van der Waals surface area contributed by atoms with Crippen molar-refractivity contribution in [1.29, 1.82) is 0 Å². The van der Waals surface area contributed by atoms with E-state index in [1.165, 1.54) is 0 Å². The van der Waals surface area contributed by atoms with Gasteiger partial charge in [0.15, 0.2) is 11.0 Å². The van der Waals surface area contributed by atoms with Gasteiger partial charge in [0.25, 0.3) is 0 Å². The lowest BCUT2D eigenvalue weighted by molar-refractivity contribution is 0.820. The summed E-state index contributed by atoms with van der Waals surface area (Å²) >= 11 is 11.2. The van der Waals surface area contributed by atoms with Gasteiger partial charge in [-0.2, -0.15) is 10.2 Å². The van der Waals surface area contributed by atoms with Gasteiger partial charge >= 0.3 is 0 Å². The lowest BCUT2D eigenvalue weighted by Crippen LogP contribution is -2.04. The third kappa shape index (κ3) is 1.66. The van der Waals surface area contributed by atoms with Gasteiger partial charge < -0.3 is 0 Å². The van der Waals surface area contributed by atoms with Crippen LogP contribution < -0.4 is 0 Å². The molecule has 0 N–H and O–H groups in total. The first-order chi connectivity index (χ1) is 4.20. The van der Waals surface area contributed by atoms with Gasteiger partial charge in [0.1, 0.15) is 0 Å². The molecule has 0 spiro atoms. The van der Waals surface area contributed by atoms with E-state index >= 15 is 0 Å². The second-order valence-corrected chi connectivity index (χ2v) is 2.71. The van der Waals surface area contributed by atoms with Gasteiger partial charge in [-0.05, 0) is 18.6 Å². The average molecular weight is 165 g/mol. The zero-order chi connectivity index (χ0) is 6.85. The summed E-state index contributed by atoms with van der Waals surface area (Å²) in [6.07, 6.45) is 1.78. The van der Waals surface area contributed by atoms with E-state index in [4.69, 9.17) is 23.2 Å². The third-order valence-electron chi connectivity index (χ3n) is 1.05. The molecule has 0 aromatic carbocycles. The van der Waals surface area contributed by atoms with Crippen molar-refractivity contribution in [3.63, 3.8) is 0 Å². The summed E-state index contributed by atoms with van der Waals surface area (Å²) in [6, 6.07) is 0. The van der Waals surface area contributed by atoms with E-state index in [9.17, 15) is 0 Å². The van der Waals surface area contributed by atoms with Crippen LogP contribution in [-0.4, -0.2) is 11.0 Å². The van der Waals surface area contributed by atoms with E-state index in [1.807, 2.05) is 6.92 Å². The summed E-state index contributed by atoms with van der Waals surface area (Å²) in [7, 11) is 0. The minimum Gasteiger partial charge on any atom is -0.168 e. The van der Waals surface area contributed by atoms with Crippen molar-refractivity contribution in [2.75, 3.05) is 0 Å². The molecule has 1 heterocycles. The molecule has 0 fully saturated rings. The molecule has 1 rings (SSSR count). The first-order valence-corrected chi connectivity index (χ1v) is 3.44. The van der Waals surface area contributed by atoms with Crippen molar-refractivity contribution >= 4 is 23.2 Å². The molecule has 2 atom stereocenters. The minimum atomic E-state index is -0.319. The molecule has 50 valence electrons. The second kappa shape index (κ2) is 2.67. The Bertz CT molecular complexity index is 164. The summed E-state index contributed by atoms with van der Waals surface area (Å²) in [5.74, 6) is 0. The van der Waals surface area contributed by atoms with Crippen molar-refractivity contribution in [1.82, 2.24) is 0 Å². The predicted octanol–water partition coefficient (Wildman–Crippen LogP) is 2.53. The molecular formula is C5H6Cl2N2. The van der Waals surface area contributed by atoms with Gasteiger partial charge in [-0.25, -0.2) is 0 Å². The van der Waals surface area contributed by atoms with E-state index in [2.05, 4.69) is 10.2 Å². The first kappa shape index (κ1) is 7.03. The average Bonchev–Trinajstić information content (AvgIpc) is 1.80. The fraction of sp³-hybridized carbons (Fsp3) is 0.600. The molecule has 0 aliphatic carbocycles. The highest BCUT2D eigenvalue weighted by Gasteiger charge is 2.11. The van der Waals surface area contributed by atoms with E-state index in [-0.39, 0.29) is 11.0 Å². The van der Waals surface area contributed by atoms with Crippen LogP contribution in [0.25, 0.3) is 0 Å². The molecule has 2 nitrogen and oxygen atoms in total. The topological polar surface area (TPSA) is 24.7 Å². The van der Waals surface area contributed by atoms with Crippen LogP contribution in [0.4, 0.5) is 0 Å². The lowest BCUT2D eigenvalue weighted by Gasteiger charge is -2.09. The molecule has 4 heteroatoms. The van der Waals surface area contributed by atoms with E-state index < -0.39 is 0 Å². The van der Waals surface area contributed by atoms with E-state index in [1.54, 1.807) is 6.08 Å². The van der Waals surface area contributed by atoms with Gasteiger partial charge in [0.05, 0.1) is 0 Å². The monoisotopic (exact) mass is 164 g/mol. The van der Waals surface area contributed by atoms with Crippen LogP contribution in [0, 0.1) is 0 Å². The molecule has 0 saturated heterocycles. The fourth-order valence-electron chi connectivity index (χ4n) is 0.543. The maximum absolute atomic E-state index is 5.65. The standard InChI is InChI=1S/C5H6Cl2N2/c1-3-2-4(6)8-9-5(3)7/h2,4-5H,1H3/t4-,5+/m1/s1. The predicted molar refractivity (Wildman–Crippen MR) is 37.9 cm³/mol. The Balaban J connectivity index is 2.70. The van der Waals surface area contributed by atoms with Gasteiger partial charge in [-0.3, -0.25) is 0 Å². The third-order valence-corrected chi connectivity index (χ3v) is 1.70. The summed E-state index contributed by atoms with van der Waals surface area (Å²) in [4.78, 5) is 0. The molecule has 0 amide bonds. The SMILES string of the molecule is CC1=C[C@H](Cl)N=N[C@@H]1Cl. The van der Waals surface area contributed by atoms with Crippen molar-refractivity contribution in [3.05, 3.63) is 11.6 Å². The van der Waals surface area contributed by atoms with E-state index in [0.717, 1.165) is 5.57 Å². The Morgan fingerprint density at radius 3 is 2.56 bits per heavy atom. The molecule has 0 bridgehead atoms. The lowest BCUT2D eigenvalue weighted by atomic mass is 10.3. The molecule has 0 aromatic rings. The molecule has 0 unspecified atom stereocenters. The summed E-state index contributed by atoms with van der Waals surface area (Å²) in [5.41, 5.74) is 0.340. The quantitative estimate of drug-likeness (QED) is 0.299. The van der Waals surface area contributed by atoms with Crippen molar-refractivity contribution in [3.8, 4) is 0 Å². The molecule has 0 radical (unpaired) electrons. The van der Waals surface area contributed by atoms with Crippen LogP contribution in [0.2, 0.25) is 0 Å². The molecule has 0 aromatic heterocycles. The molecule has 1 aliphatic rings. The van der Waals surface area contributed by atoms with Gasteiger partial charge in [-0.15, -0.1) is 0 Å². The van der Waals surface area contributed by atoms with Crippen LogP contribution in [0.5, 0.6) is 0 Å². The minimum absolute atomic E-state index is 0.306. The number of azo groups is 1. The van der Waals surface area contributed by atoms with E-state index in [0.29, 0.717) is 0 Å². The Labute approximate surface area is 63.6 Å². The largest absolute Gasteiger partial charge is 0.168 e. The van der Waals surface area contributed by atoms with Crippen LogP contribution in [0.3, 0.4) is 0 Å². The number of hydrogen-bond donors (Lipinski definition) is 0. The normalized spacial score (nSPS) is 34.3. The highest BCUT2D eigenvalue weighted by molar-refractivity contribution is 6.23. The van der Waals surface area contributed by atoms with Crippen molar-refractivity contribution < 1.29 is 0 Å². The molecule has 9 heavy (non-hydrogen) atoms. The smallest absolute Gasteiger partial charge is 0.165 e. The second-order valence-electron chi connectivity index (χ2n) is 1.85. The maximum Gasteiger partial charge on any atom is 0.165 e. The Hall–Kier alpha value is -0.0800. The van der Waals surface area contributed by atoms with Crippen LogP contribution in [-0.2, 0) is 0 Å². The number of rotatable bonds is 0. The number of hydrogen-bond acceptors (Lipinski definition) is 2. The van der Waals surface area contributed by atoms with Gasteiger partial charge in [0, 0.05) is 0 Å².